The molecule has 194 valence electrons. The summed E-state index contributed by atoms with van der Waals surface area (Å²) in [6.45, 7) is 12.4. The van der Waals surface area contributed by atoms with Crippen molar-refractivity contribution >= 4 is 39.9 Å². The van der Waals surface area contributed by atoms with Crippen molar-refractivity contribution in [2.75, 3.05) is 23.7 Å². The van der Waals surface area contributed by atoms with Crippen molar-refractivity contribution in [1.29, 1.82) is 0 Å². The lowest BCUT2D eigenvalue weighted by Gasteiger charge is -2.41. The smallest absolute Gasteiger partial charge is 0.324 e. The summed E-state index contributed by atoms with van der Waals surface area (Å²) in [6.07, 6.45) is 4.91. The fourth-order valence-electron chi connectivity index (χ4n) is 4.13. The Labute approximate surface area is 220 Å². The molecule has 10 heteroatoms. The molecule has 1 aromatic carbocycles. The minimum Gasteiger partial charge on any atom is -0.352 e. The van der Waals surface area contributed by atoms with Gasteiger partial charge in [-0.15, -0.1) is 11.3 Å². The molecule has 1 aliphatic rings. The van der Waals surface area contributed by atoms with E-state index >= 15 is 0 Å². The maximum atomic E-state index is 13.7. The number of hydrogen-bond donors (Lipinski definition) is 3. The predicted octanol–water partition coefficient (Wildman–Crippen LogP) is 4.81. The van der Waals surface area contributed by atoms with Gasteiger partial charge in [0.15, 0.2) is 0 Å². The molecule has 0 spiro atoms. The summed E-state index contributed by atoms with van der Waals surface area (Å²) < 4.78 is 0. The number of anilines is 2. The lowest BCUT2D eigenvalue weighted by molar-refractivity contribution is -0.133. The van der Waals surface area contributed by atoms with E-state index in [9.17, 15) is 14.4 Å². The van der Waals surface area contributed by atoms with Gasteiger partial charge in [0.25, 0.3) is 5.91 Å². The lowest BCUT2D eigenvalue weighted by atomic mass is 9.93. The summed E-state index contributed by atoms with van der Waals surface area (Å²) in [6, 6.07) is 6.96. The van der Waals surface area contributed by atoms with Gasteiger partial charge in [-0.2, -0.15) is 0 Å². The van der Waals surface area contributed by atoms with E-state index in [2.05, 4.69) is 46.7 Å². The Morgan fingerprint density at radius 2 is 1.81 bits per heavy atom. The lowest BCUT2D eigenvalue weighted by Crippen LogP contribution is -2.63. The van der Waals surface area contributed by atoms with E-state index in [1.54, 1.807) is 31.1 Å². The molecule has 1 fully saturated rings. The number of nitrogens with one attached hydrogen (secondary N) is 3. The molecule has 0 radical (unpaired) electrons. The molecule has 4 rings (SSSR count). The molecule has 2 aromatic heterocycles. The van der Waals surface area contributed by atoms with E-state index in [4.69, 9.17) is 0 Å². The first-order valence-electron chi connectivity index (χ1n) is 12.1. The molecule has 3 N–H and O–H groups in total. The second-order valence-electron chi connectivity index (χ2n) is 10.6. The molecule has 3 heterocycles. The van der Waals surface area contributed by atoms with Gasteiger partial charge in [-0.3, -0.25) is 14.9 Å². The highest BCUT2D eigenvalue weighted by Gasteiger charge is 2.42. The third kappa shape index (κ3) is 5.48. The molecular formula is C27H32N6O3S. The largest absolute Gasteiger partial charge is 0.352 e. The number of amides is 4. The number of urea groups is 1. The minimum absolute atomic E-state index is 0.204. The first kappa shape index (κ1) is 26.3. The Hall–Kier alpha value is -3.79. The fraction of sp³-hybridized carbons (Fsp3) is 0.370. The van der Waals surface area contributed by atoms with Gasteiger partial charge in [0.1, 0.15) is 16.9 Å². The molecule has 1 aliphatic heterocycles. The zero-order valence-electron chi connectivity index (χ0n) is 21.9. The molecule has 3 aromatic rings. The summed E-state index contributed by atoms with van der Waals surface area (Å²) in [7, 11) is 0. The SMILES string of the molecule is Cc1ccc(NC(=O)Nc2sc(C(C)(C)C)cc2C(=O)N2CCNC(=O)C2(C)C)cc1-c1cncnc1. The fourth-order valence-corrected chi connectivity index (χ4v) is 5.23. The summed E-state index contributed by atoms with van der Waals surface area (Å²) in [5, 5.41) is 9.01. The molecule has 0 unspecified atom stereocenters. The molecule has 1 saturated heterocycles. The van der Waals surface area contributed by atoms with Gasteiger partial charge in [-0.05, 0) is 55.5 Å². The van der Waals surface area contributed by atoms with Crippen LogP contribution in [0.5, 0.6) is 0 Å². The van der Waals surface area contributed by atoms with E-state index in [0.717, 1.165) is 21.6 Å². The molecule has 0 atom stereocenters. The van der Waals surface area contributed by atoms with Crippen molar-refractivity contribution in [1.82, 2.24) is 20.2 Å². The number of benzene rings is 1. The van der Waals surface area contributed by atoms with Crippen molar-refractivity contribution in [2.45, 2.75) is 52.5 Å². The van der Waals surface area contributed by atoms with Gasteiger partial charge in [-0.25, -0.2) is 14.8 Å². The molecule has 0 aliphatic carbocycles. The van der Waals surface area contributed by atoms with Gasteiger partial charge in [0.05, 0.1) is 5.56 Å². The van der Waals surface area contributed by atoms with Gasteiger partial charge < -0.3 is 15.5 Å². The molecule has 0 saturated carbocycles. The zero-order valence-corrected chi connectivity index (χ0v) is 22.7. The van der Waals surface area contributed by atoms with Crippen LogP contribution in [0.3, 0.4) is 0 Å². The summed E-state index contributed by atoms with van der Waals surface area (Å²) in [5.41, 5.74) is 2.52. The number of hydrogen-bond acceptors (Lipinski definition) is 6. The maximum absolute atomic E-state index is 13.7. The first-order chi connectivity index (χ1) is 17.4. The highest BCUT2D eigenvalue weighted by atomic mass is 32.1. The number of nitrogens with zero attached hydrogens (tertiary/aromatic N) is 3. The van der Waals surface area contributed by atoms with Gasteiger partial charge >= 0.3 is 6.03 Å². The van der Waals surface area contributed by atoms with Crippen LogP contribution in [0.1, 0.15) is 55.4 Å². The Balaban J connectivity index is 1.61. The average molecular weight is 521 g/mol. The Morgan fingerprint density at radius 1 is 1.11 bits per heavy atom. The van der Waals surface area contributed by atoms with Crippen LogP contribution in [0.2, 0.25) is 0 Å². The number of carbonyl (C=O) groups is 3. The predicted molar refractivity (Wildman–Crippen MR) is 146 cm³/mol. The zero-order chi connectivity index (χ0) is 27.0. The van der Waals surface area contributed by atoms with Crippen molar-refractivity contribution in [3.05, 3.63) is 59.0 Å². The topological polar surface area (TPSA) is 116 Å². The van der Waals surface area contributed by atoms with Crippen LogP contribution in [0, 0.1) is 6.92 Å². The van der Waals surface area contributed by atoms with Crippen molar-refractivity contribution < 1.29 is 14.4 Å². The molecule has 37 heavy (non-hydrogen) atoms. The van der Waals surface area contributed by atoms with Crippen LogP contribution < -0.4 is 16.0 Å². The van der Waals surface area contributed by atoms with Crippen LogP contribution in [-0.2, 0) is 10.2 Å². The Morgan fingerprint density at radius 3 is 2.49 bits per heavy atom. The highest BCUT2D eigenvalue weighted by Crippen LogP contribution is 2.38. The number of thiophene rings is 1. The second-order valence-corrected chi connectivity index (χ2v) is 11.7. The normalized spacial score (nSPS) is 15.2. The molecular weight excluding hydrogens is 488 g/mol. The van der Waals surface area contributed by atoms with Crippen molar-refractivity contribution in [3.8, 4) is 11.1 Å². The van der Waals surface area contributed by atoms with Crippen LogP contribution in [0.4, 0.5) is 15.5 Å². The van der Waals surface area contributed by atoms with Crippen LogP contribution in [-0.4, -0.2) is 51.3 Å². The van der Waals surface area contributed by atoms with E-state index in [1.807, 2.05) is 31.2 Å². The number of carbonyl (C=O) groups excluding carboxylic acids is 3. The van der Waals surface area contributed by atoms with E-state index in [1.165, 1.54) is 17.7 Å². The third-order valence-corrected chi connectivity index (χ3v) is 7.87. The monoisotopic (exact) mass is 520 g/mol. The standard InChI is InChI=1S/C27H32N6O3S/c1-16-7-8-18(11-19(16)17-13-28-15-29-14-17)31-25(36)32-22-20(12-21(37-22)26(2,3)4)23(34)33-10-9-30-24(35)27(33,5)6/h7-8,11-15H,9-10H2,1-6H3,(H,30,35)(H2,31,32,36). The van der Waals surface area contributed by atoms with Crippen molar-refractivity contribution in [3.63, 3.8) is 0 Å². The highest BCUT2D eigenvalue weighted by molar-refractivity contribution is 7.16. The molecule has 0 bridgehead atoms. The van der Waals surface area contributed by atoms with E-state index in [0.29, 0.717) is 29.3 Å². The van der Waals surface area contributed by atoms with E-state index < -0.39 is 11.6 Å². The van der Waals surface area contributed by atoms with Gasteiger partial charge in [0.2, 0.25) is 5.91 Å². The Bertz CT molecular complexity index is 1340. The Kier molecular flexibility index (Phi) is 7.05. The molecule has 4 amide bonds. The van der Waals surface area contributed by atoms with Crippen molar-refractivity contribution in [2.24, 2.45) is 0 Å². The number of piperazine rings is 1. The average Bonchev–Trinajstić information content (AvgIpc) is 3.26. The van der Waals surface area contributed by atoms with Gasteiger partial charge in [0, 0.05) is 41.6 Å². The van der Waals surface area contributed by atoms with Crippen LogP contribution in [0.25, 0.3) is 11.1 Å². The number of rotatable bonds is 4. The molecule has 9 nitrogen and oxygen atoms in total. The number of aromatic nitrogens is 2. The number of aryl methyl sites for hydroxylation is 1. The first-order valence-corrected chi connectivity index (χ1v) is 12.9. The third-order valence-electron chi connectivity index (χ3n) is 6.39. The minimum atomic E-state index is -1.00. The van der Waals surface area contributed by atoms with Gasteiger partial charge in [-0.1, -0.05) is 26.8 Å². The summed E-state index contributed by atoms with van der Waals surface area (Å²) in [5.74, 6) is -0.492. The summed E-state index contributed by atoms with van der Waals surface area (Å²) >= 11 is 1.36. The quantitative estimate of drug-likeness (QED) is 0.457. The summed E-state index contributed by atoms with van der Waals surface area (Å²) in [4.78, 5) is 49.9. The second kappa shape index (κ2) is 9.93. The van der Waals surface area contributed by atoms with E-state index in [-0.39, 0.29) is 17.2 Å². The van der Waals surface area contributed by atoms with Crippen LogP contribution in [0.15, 0.2) is 43.0 Å². The van der Waals surface area contributed by atoms with Crippen LogP contribution >= 0.6 is 11.3 Å². The maximum Gasteiger partial charge on any atom is 0.324 e.